The minimum atomic E-state index is 0.00613. The van der Waals surface area contributed by atoms with Gasteiger partial charge in [-0.2, -0.15) is 5.06 Å². The molecule has 80 valence electrons. The Labute approximate surface area is 88.6 Å². The maximum absolute atomic E-state index is 11.6. The third-order valence-electron chi connectivity index (χ3n) is 2.47. The maximum atomic E-state index is 11.6. The van der Waals surface area contributed by atoms with Crippen molar-refractivity contribution in [3.8, 4) is 0 Å². The summed E-state index contributed by atoms with van der Waals surface area (Å²) in [6.45, 7) is 2.00. The zero-order chi connectivity index (χ0) is 10.8. The summed E-state index contributed by atoms with van der Waals surface area (Å²) in [5.41, 5.74) is 6.99. The summed E-state index contributed by atoms with van der Waals surface area (Å²) >= 11 is 0. The van der Waals surface area contributed by atoms with Gasteiger partial charge in [0.1, 0.15) is 0 Å². The van der Waals surface area contributed by atoms with Gasteiger partial charge in [-0.15, -0.1) is 0 Å². The van der Waals surface area contributed by atoms with Gasteiger partial charge < -0.3 is 5.73 Å². The molecule has 0 spiro atoms. The summed E-state index contributed by atoms with van der Waals surface area (Å²) in [5.74, 6) is 0.00613. The first-order valence-electron chi connectivity index (χ1n) is 5.06. The smallest absolute Gasteiger partial charge is 0.253 e. The molecule has 1 amide bonds. The van der Waals surface area contributed by atoms with Gasteiger partial charge in [-0.1, -0.05) is 6.92 Å². The first kappa shape index (κ1) is 9.98. The second kappa shape index (κ2) is 3.90. The molecule has 1 unspecified atom stereocenters. The normalized spacial score (nSPS) is 21.0. The van der Waals surface area contributed by atoms with Gasteiger partial charge >= 0.3 is 0 Å². The van der Waals surface area contributed by atoms with Crippen molar-refractivity contribution in [1.29, 1.82) is 0 Å². The van der Waals surface area contributed by atoms with Gasteiger partial charge in [-0.3, -0.25) is 9.63 Å². The monoisotopic (exact) mass is 206 g/mol. The van der Waals surface area contributed by atoms with Crippen LogP contribution in [0.2, 0.25) is 0 Å². The van der Waals surface area contributed by atoms with Crippen molar-refractivity contribution in [2.24, 2.45) is 0 Å². The number of anilines is 2. The molecule has 1 heterocycles. The van der Waals surface area contributed by atoms with E-state index in [1.54, 1.807) is 24.3 Å². The predicted octanol–water partition coefficient (Wildman–Crippen LogP) is 1.72. The highest BCUT2D eigenvalue weighted by Crippen LogP contribution is 2.25. The van der Waals surface area contributed by atoms with Gasteiger partial charge in [-0.05, 0) is 30.7 Å². The van der Waals surface area contributed by atoms with Gasteiger partial charge in [0.2, 0.25) is 0 Å². The van der Waals surface area contributed by atoms with Gasteiger partial charge in [0, 0.05) is 5.69 Å². The van der Waals surface area contributed by atoms with Crippen LogP contribution >= 0.6 is 0 Å². The van der Waals surface area contributed by atoms with E-state index in [0.29, 0.717) is 12.1 Å². The molecule has 4 nitrogen and oxygen atoms in total. The van der Waals surface area contributed by atoms with Crippen LogP contribution < -0.4 is 10.8 Å². The Kier molecular flexibility index (Phi) is 2.60. The van der Waals surface area contributed by atoms with E-state index < -0.39 is 0 Å². The van der Waals surface area contributed by atoms with E-state index in [9.17, 15) is 4.79 Å². The number of hydrogen-bond acceptors (Lipinski definition) is 3. The van der Waals surface area contributed by atoms with Crippen LogP contribution in [0.25, 0.3) is 0 Å². The van der Waals surface area contributed by atoms with Gasteiger partial charge in [0.25, 0.3) is 5.91 Å². The van der Waals surface area contributed by atoms with Crippen LogP contribution in [0.4, 0.5) is 11.4 Å². The molecule has 0 aliphatic carbocycles. The molecule has 1 aliphatic rings. The second-order valence-electron chi connectivity index (χ2n) is 3.62. The number of nitrogens with two attached hydrogens (primary N) is 1. The predicted molar refractivity (Wildman–Crippen MR) is 58.1 cm³/mol. The van der Waals surface area contributed by atoms with E-state index in [4.69, 9.17) is 10.6 Å². The molecule has 0 bridgehead atoms. The van der Waals surface area contributed by atoms with Crippen LogP contribution in [0.1, 0.15) is 19.8 Å². The standard InChI is InChI=1S/C11H14N2O2/c1-2-10-7-11(14)13(15-10)9-5-3-8(12)4-6-9/h3-6,10H,2,7,12H2,1H3. The fourth-order valence-corrected chi connectivity index (χ4v) is 1.56. The highest BCUT2D eigenvalue weighted by molar-refractivity contribution is 5.93. The molecule has 1 aromatic rings. The molecular weight excluding hydrogens is 192 g/mol. The Bertz CT molecular complexity index is 361. The van der Waals surface area contributed by atoms with Crippen LogP contribution in [-0.2, 0) is 9.63 Å². The first-order valence-corrected chi connectivity index (χ1v) is 5.06. The van der Waals surface area contributed by atoms with Crippen molar-refractivity contribution in [3.63, 3.8) is 0 Å². The number of nitrogens with zero attached hydrogens (tertiary/aromatic N) is 1. The molecule has 1 saturated heterocycles. The fourth-order valence-electron chi connectivity index (χ4n) is 1.56. The highest BCUT2D eigenvalue weighted by atomic mass is 16.7. The van der Waals surface area contributed by atoms with Crippen LogP contribution in [0.5, 0.6) is 0 Å². The average molecular weight is 206 g/mol. The Balaban J connectivity index is 2.18. The topological polar surface area (TPSA) is 55.6 Å². The summed E-state index contributed by atoms with van der Waals surface area (Å²) in [5, 5.41) is 1.35. The first-order chi connectivity index (χ1) is 7.20. The molecule has 2 rings (SSSR count). The third-order valence-corrected chi connectivity index (χ3v) is 2.47. The highest BCUT2D eigenvalue weighted by Gasteiger charge is 2.30. The molecule has 1 aromatic carbocycles. The lowest BCUT2D eigenvalue weighted by molar-refractivity contribution is -0.119. The maximum Gasteiger partial charge on any atom is 0.253 e. The fraction of sp³-hybridized carbons (Fsp3) is 0.364. The van der Waals surface area contributed by atoms with Gasteiger partial charge in [0.05, 0.1) is 18.2 Å². The number of rotatable bonds is 2. The SMILES string of the molecule is CCC1CC(=O)N(c2ccc(N)cc2)O1. The van der Waals surface area contributed by atoms with E-state index in [1.807, 2.05) is 6.92 Å². The Morgan fingerprint density at radius 2 is 2.13 bits per heavy atom. The van der Waals surface area contributed by atoms with Crippen molar-refractivity contribution in [2.75, 3.05) is 10.8 Å². The number of hydroxylamine groups is 1. The Morgan fingerprint density at radius 3 is 2.67 bits per heavy atom. The van der Waals surface area contributed by atoms with E-state index in [-0.39, 0.29) is 12.0 Å². The molecule has 0 radical (unpaired) electrons. The molecule has 1 fully saturated rings. The van der Waals surface area contributed by atoms with Gasteiger partial charge in [-0.25, -0.2) is 0 Å². The molecular formula is C11H14N2O2. The minimum Gasteiger partial charge on any atom is -0.399 e. The number of carbonyl (C=O) groups is 1. The van der Waals surface area contributed by atoms with Crippen molar-refractivity contribution in [1.82, 2.24) is 0 Å². The van der Waals surface area contributed by atoms with Crippen molar-refractivity contribution in [2.45, 2.75) is 25.9 Å². The van der Waals surface area contributed by atoms with Crippen LogP contribution in [0, 0.1) is 0 Å². The lowest BCUT2D eigenvalue weighted by Gasteiger charge is -2.15. The molecule has 1 atom stereocenters. The second-order valence-corrected chi connectivity index (χ2v) is 3.62. The Hall–Kier alpha value is -1.55. The largest absolute Gasteiger partial charge is 0.399 e. The molecule has 0 aromatic heterocycles. The molecule has 0 saturated carbocycles. The average Bonchev–Trinajstić information content (AvgIpc) is 2.61. The number of carbonyl (C=O) groups excluding carboxylic acids is 1. The lowest BCUT2D eigenvalue weighted by atomic mass is 10.2. The lowest BCUT2D eigenvalue weighted by Crippen LogP contribution is -2.22. The summed E-state index contributed by atoms with van der Waals surface area (Å²) < 4.78 is 0. The summed E-state index contributed by atoms with van der Waals surface area (Å²) in [6, 6.07) is 7.08. The van der Waals surface area contributed by atoms with Crippen molar-refractivity contribution < 1.29 is 9.63 Å². The van der Waals surface area contributed by atoms with E-state index >= 15 is 0 Å². The van der Waals surface area contributed by atoms with Crippen LogP contribution in [0.3, 0.4) is 0 Å². The van der Waals surface area contributed by atoms with E-state index in [2.05, 4.69) is 0 Å². The van der Waals surface area contributed by atoms with Gasteiger partial charge in [0.15, 0.2) is 0 Å². The third kappa shape index (κ3) is 1.94. The summed E-state index contributed by atoms with van der Waals surface area (Å²) in [4.78, 5) is 17.1. The quantitative estimate of drug-likeness (QED) is 0.749. The number of benzene rings is 1. The summed E-state index contributed by atoms with van der Waals surface area (Å²) in [7, 11) is 0. The molecule has 1 aliphatic heterocycles. The Morgan fingerprint density at radius 1 is 1.47 bits per heavy atom. The van der Waals surface area contributed by atoms with Crippen LogP contribution in [0.15, 0.2) is 24.3 Å². The zero-order valence-electron chi connectivity index (χ0n) is 8.64. The zero-order valence-corrected chi connectivity index (χ0v) is 8.64. The summed E-state index contributed by atoms with van der Waals surface area (Å²) in [6.07, 6.45) is 1.31. The van der Waals surface area contributed by atoms with E-state index in [0.717, 1.165) is 12.1 Å². The van der Waals surface area contributed by atoms with Crippen LogP contribution in [-0.4, -0.2) is 12.0 Å². The molecule has 4 heteroatoms. The number of amides is 1. The van der Waals surface area contributed by atoms with Crippen molar-refractivity contribution >= 4 is 17.3 Å². The van der Waals surface area contributed by atoms with Crippen molar-refractivity contribution in [3.05, 3.63) is 24.3 Å². The van der Waals surface area contributed by atoms with E-state index in [1.165, 1.54) is 5.06 Å². The number of nitrogen functional groups attached to an aromatic ring is 1. The number of hydrogen-bond donors (Lipinski definition) is 1. The minimum absolute atomic E-state index is 0.00613. The molecule has 2 N–H and O–H groups in total. The molecule has 15 heavy (non-hydrogen) atoms.